The normalized spacial score (nSPS) is 22.5. The summed E-state index contributed by atoms with van der Waals surface area (Å²) in [7, 11) is 0. The molecule has 0 unspecified atom stereocenters. The van der Waals surface area contributed by atoms with Crippen molar-refractivity contribution in [2.75, 3.05) is 13.1 Å². The maximum Gasteiger partial charge on any atom is 0.167 e. The minimum atomic E-state index is -0.0347. The molecule has 0 atom stereocenters. The summed E-state index contributed by atoms with van der Waals surface area (Å²) in [6, 6.07) is 7.86. The van der Waals surface area contributed by atoms with Crippen LogP contribution in [0.3, 0.4) is 0 Å². The van der Waals surface area contributed by atoms with Gasteiger partial charge >= 0.3 is 0 Å². The molecular weight excluding hydrogens is 188 g/mol. The molecule has 1 aromatic carbocycles. The van der Waals surface area contributed by atoms with Crippen LogP contribution < -0.4 is 9.70 Å². The molecule has 0 amide bonds. The number of rotatable bonds is 0. The minimum Gasteiger partial charge on any atom is -0.854 e. The van der Waals surface area contributed by atoms with Crippen LogP contribution >= 0.6 is 0 Å². The van der Waals surface area contributed by atoms with Crippen LogP contribution in [0.15, 0.2) is 29.4 Å². The summed E-state index contributed by atoms with van der Waals surface area (Å²) in [6.07, 6.45) is 3.61. The maximum absolute atomic E-state index is 11.8. The molecule has 2 aliphatic rings. The van der Waals surface area contributed by atoms with Crippen molar-refractivity contribution in [3.05, 3.63) is 29.8 Å². The highest BCUT2D eigenvalue weighted by atomic mass is 16.3. The Hall–Kier alpha value is -1.35. The molecule has 0 aromatic heterocycles. The summed E-state index contributed by atoms with van der Waals surface area (Å²) in [5.41, 5.74) is 1.92. The lowest BCUT2D eigenvalue weighted by Gasteiger charge is -2.32. The lowest BCUT2D eigenvalue weighted by Crippen LogP contribution is -2.46. The second kappa shape index (κ2) is 3.07. The van der Waals surface area contributed by atoms with E-state index in [1.807, 2.05) is 18.2 Å². The molecule has 3 heteroatoms. The van der Waals surface area contributed by atoms with Gasteiger partial charge < -0.3 is 5.11 Å². The summed E-state index contributed by atoms with van der Waals surface area (Å²) in [4.78, 5) is 0. The molecule has 3 nitrogen and oxygen atoms in total. The number of nitrogens with zero attached hydrogens (tertiary/aromatic N) is 2. The van der Waals surface area contributed by atoms with Gasteiger partial charge in [-0.25, -0.2) is 0 Å². The molecule has 2 aliphatic heterocycles. The van der Waals surface area contributed by atoms with Crippen LogP contribution in [0.4, 0.5) is 5.69 Å². The number of piperidine rings is 1. The number of quaternary nitrogens is 1. The highest BCUT2D eigenvalue weighted by molar-refractivity contribution is 5.99. The highest BCUT2D eigenvalue weighted by Crippen LogP contribution is 2.36. The molecule has 1 fully saturated rings. The summed E-state index contributed by atoms with van der Waals surface area (Å²) in [6.45, 7) is 1.98. The molecule has 0 saturated carbocycles. The van der Waals surface area contributed by atoms with Crippen molar-refractivity contribution in [3.8, 4) is 0 Å². The number of hydrogen-bond donors (Lipinski definition) is 0. The van der Waals surface area contributed by atoms with E-state index in [9.17, 15) is 5.11 Å². The molecule has 3 rings (SSSR count). The van der Waals surface area contributed by atoms with E-state index in [0.29, 0.717) is 4.59 Å². The van der Waals surface area contributed by atoms with Gasteiger partial charge in [0.1, 0.15) is 13.1 Å². The second-order valence-electron chi connectivity index (χ2n) is 4.35. The average molecular weight is 202 g/mol. The predicted octanol–water partition coefficient (Wildman–Crippen LogP) is 1.21. The van der Waals surface area contributed by atoms with Crippen LogP contribution in [-0.4, -0.2) is 19.0 Å². The molecule has 0 aliphatic carbocycles. The SMILES string of the molecule is [O-]C1=N[N+]2(CCCCC2)c2ccccc21. The van der Waals surface area contributed by atoms with Crippen LogP contribution in [0.5, 0.6) is 0 Å². The topological polar surface area (TPSA) is 35.4 Å². The standard InChI is InChI=1S/C12H14N2O/c15-12-10-6-2-3-7-11(10)14(13-12)8-4-1-5-9-14/h2-3,6-7H,1,4-5,8-9H2. The summed E-state index contributed by atoms with van der Waals surface area (Å²) in [5, 5.41) is 16.1. The van der Waals surface area contributed by atoms with Gasteiger partial charge in [0, 0.05) is 6.07 Å². The van der Waals surface area contributed by atoms with E-state index in [2.05, 4.69) is 11.2 Å². The summed E-state index contributed by atoms with van der Waals surface area (Å²) in [5.74, 6) is -0.0347. The van der Waals surface area contributed by atoms with Gasteiger partial charge in [-0.15, -0.1) is 0 Å². The van der Waals surface area contributed by atoms with E-state index >= 15 is 0 Å². The fraction of sp³-hybridized carbons (Fsp3) is 0.417. The van der Waals surface area contributed by atoms with Crippen LogP contribution in [0, 0.1) is 0 Å². The fourth-order valence-corrected chi connectivity index (χ4v) is 2.68. The number of fused-ring (bicyclic) bond motifs is 2. The van der Waals surface area contributed by atoms with Crippen LogP contribution in [0.1, 0.15) is 24.8 Å². The lowest BCUT2D eigenvalue weighted by atomic mass is 10.1. The van der Waals surface area contributed by atoms with Crippen LogP contribution in [-0.2, 0) is 0 Å². The van der Waals surface area contributed by atoms with Gasteiger partial charge in [-0.1, -0.05) is 17.2 Å². The fourth-order valence-electron chi connectivity index (χ4n) is 2.68. The molecule has 15 heavy (non-hydrogen) atoms. The van der Waals surface area contributed by atoms with Crippen LogP contribution in [0.2, 0.25) is 0 Å². The van der Waals surface area contributed by atoms with E-state index in [4.69, 9.17) is 0 Å². The van der Waals surface area contributed by atoms with E-state index in [1.54, 1.807) is 0 Å². The zero-order valence-corrected chi connectivity index (χ0v) is 8.65. The van der Waals surface area contributed by atoms with Gasteiger partial charge in [-0.2, -0.15) is 4.59 Å². The first kappa shape index (κ1) is 8.92. The van der Waals surface area contributed by atoms with Gasteiger partial charge in [0.2, 0.25) is 0 Å². The Morgan fingerprint density at radius 2 is 1.80 bits per heavy atom. The molecule has 1 spiro atoms. The third-order valence-electron chi connectivity index (χ3n) is 3.42. The Morgan fingerprint density at radius 3 is 2.60 bits per heavy atom. The number of hydrogen-bond acceptors (Lipinski definition) is 2. The van der Waals surface area contributed by atoms with Gasteiger partial charge in [-0.3, -0.25) is 0 Å². The molecule has 1 aromatic rings. The van der Waals surface area contributed by atoms with Crippen molar-refractivity contribution in [2.45, 2.75) is 19.3 Å². The Balaban J connectivity index is 2.13. The van der Waals surface area contributed by atoms with Gasteiger partial charge in [0.25, 0.3) is 0 Å². The van der Waals surface area contributed by atoms with Gasteiger partial charge in [0.05, 0.1) is 11.5 Å². The summed E-state index contributed by atoms with van der Waals surface area (Å²) < 4.78 is 0.564. The summed E-state index contributed by atoms with van der Waals surface area (Å²) >= 11 is 0. The lowest BCUT2D eigenvalue weighted by molar-refractivity contribution is -0.213. The smallest absolute Gasteiger partial charge is 0.167 e. The van der Waals surface area contributed by atoms with Gasteiger partial charge in [0.15, 0.2) is 5.69 Å². The molecular formula is C12H14N2O. The Morgan fingerprint density at radius 1 is 1.07 bits per heavy atom. The monoisotopic (exact) mass is 202 g/mol. The third-order valence-corrected chi connectivity index (χ3v) is 3.42. The van der Waals surface area contributed by atoms with Crippen molar-refractivity contribution in [1.82, 2.24) is 4.59 Å². The molecule has 0 bridgehead atoms. The first-order chi connectivity index (χ1) is 7.32. The Bertz CT molecular complexity index is 419. The van der Waals surface area contributed by atoms with Gasteiger partial charge in [-0.05, 0) is 25.3 Å². The predicted molar refractivity (Wildman–Crippen MR) is 58.4 cm³/mol. The first-order valence-electron chi connectivity index (χ1n) is 5.56. The Kier molecular flexibility index (Phi) is 1.83. The van der Waals surface area contributed by atoms with E-state index < -0.39 is 0 Å². The maximum atomic E-state index is 11.8. The van der Waals surface area contributed by atoms with E-state index in [1.165, 1.54) is 19.3 Å². The van der Waals surface area contributed by atoms with E-state index in [0.717, 1.165) is 24.3 Å². The first-order valence-corrected chi connectivity index (χ1v) is 5.56. The van der Waals surface area contributed by atoms with Crippen molar-refractivity contribution >= 4 is 11.6 Å². The van der Waals surface area contributed by atoms with E-state index in [-0.39, 0.29) is 5.90 Å². The number of benzene rings is 1. The molecule has 2 heterocycles. The van der Waals surface area contributed by atoms with Crippen molar-refractivity contribution < 1.29 is 5.11 Å². The third kappa shape index (κ3) is 1.20. The molecule has 78 valence electrons. The highest BCUT2D eigenvalue weighted by Gasteiger charge is 2.39. The van der Waals surface area contributed by atoms with Crippen molar-refractivity contribution in [1.29, 1.82) is 0 Å². The average Bonchev–Trinajstić information content (AvgIpc) is 2.55. The second-order valence-corrected chi connectivity index (χ2v) is 4.35. The zero-order valence-electron chi connectivity index (χ0n) is 8.65. The van der Waals surface area contributed by atoms with Crippen LogP contribution in [0.25, 0.3) is 0 Å². The quantitative estimate of drug-likeness (QED) is 0.582. The van der Waals surface area contributed by atoms with Crippen molar-refractivity contribution in [3.63, 3.8) is 0 Å². The molecule has 0 N–H and O–H groups in total. The van der Waals surface area contributed by atoms with Crippen molar-refractivity contribution in [2.24, 2.45) is 5.10 Å². The zero-order chi connectivity index (χ0) is 10.3. The minimum absolute atomic E-state index is 0.0347. The molecule has 0 radical (unpaired) electrons. The number of para-hydroxylation sites is 1. The Labute approximate surface area is 89.2 Å². The molecule has 1 saturated heterocycles. The largest absolute Gasteiger partial charge is 0.854 e.